The van der Waals surface area contributed by atoms with Crippen molar-refractivity contribution in [1.82, 2.24) is 0 Å². The number of benzene rings is 1. The van der Waals surface area contributed by atoms with Crippen LogP contribution in [0, 0.1) is 17.0 Å². The summed E-state index contributed by atoms with van der Waals surface area (Å²) < 4.78 is 10.0. The number of hydrogen-bond acceptors (Lipinski definition) is 11. The van der Waals surface area contributed by atoms with Gasteiger partial charge in [0.2, 0.25) is 0 Å². The number of nitro groups is 1. The summed E-state index contributed by atoms with van der Waals surface area (Å²) in [5.74, 6) is -2.65. The molecule has 1 aliphatic rings. The number of imide groups is 1. The van der Waals surface area contributed by atoms with E-state index in [2.05, 4.69) is 10.2 Å². The highest BCUT2D eigenvalue weighted by Crippen LogP contribution is 2.39. The minimum Gasteiger partial charge on any atom is -0.462 e. The smallest absolute Gasteiger partial charge is 0.348 e. The molecule has 1 aromatic heterocycles. The molecule has 3 rings (SSSR count). The maximum atomic E-state index is 12.5. The summed E-state index contributed by atoms with van der Waals surface area (Å²) >= 11 is 0.835. The lowest BCUT2D eigenvalue weighted by Crippen LogP contribution is -2.29. The summed E-state index contributed by atoms with van der Waals surface area (Å²) in [5.41, 5.74) is -0.435. The van der Waals surface area contributed by atoms with Crippen LogP contribution in [0.4, 0.5) is 22.1 Å². The summed E-state index contributed by atoms with van der Waals surface area (Å²) in [6.07, 6.45) is 2.11. The summed E-state index contributed by atoms with van der Waals surface area (Å²) in [6.45, 7) is 4.98. The Kier molecular flexibility index (Phi) is 7.26. The molecule has 0 N–H and O–H groups in total. The molecule has 0 spiro atoms. The van der Waals surface area contributed by atoms with Crippen LogP contribution in [0.1, 0.15) is 39.4 Å². The number of anilines is 1. The van der Waals surface area contributed by atoms with Gasteiger partial charge in [-0.25, -0.2) is 14.5 Å². The van der Waals surface area contributed by atoms with Gasteiger partial charge in [-0.05, 0) is 38.5 Å². The first-order valence-electron chi connectivity index (χ1n) is 9.93. The first-order valence-corrected chi connectivity index (χ1v) is 10.7. The Hall–Kier alpha value is -4.26. The number of ether oxygens (including phenoxy) is 2. The van der Waals surface area contributed by atoms with E-state index in [0.717, 1.165) is 34.5 Å². The van der Waals surface area contributed by atoms with Crippen LogP contribution in [0.15, 0.2) is 40.6 Å². The molecule has 2 aromatic rings. The van der Waals surface area contributed by atoms with Crippen molar-refractivity contribution in [1.29, 1.82) is 0 Å². The maximum absolute atomic E-state index is 12.5. The standard InChI is InChI=1S/C21H18N4O8S/c1-4-32-20(28)17-11(3)18(21(29)33-5-2)34-19(17)23-22-13-7-6-12(10-14(13)25(30)31)24-15(26)8-9-16(24)27/h6-10H,4-5H2,1-3H3. The van der Waals surface area contributed by atoms with Gasteiger partial charge < -0.3 is 9.47 Å². The fourth-order valence-corrected chi connectivity index (χ4v) is 4.05. The number of esters is 2. The van der Waals surface area contributed by atoms with Crippen molar-refractivity contribution in [3.05, 3.63) is 56.5 Å². The average molecular weight is 486 g/mol. The van der Waals surface area contributed by atoms with Gasteiger partial charge in [0.1, 0.15) is 10.4 Å². The van der Waals surface area contributed by atoms with E-state index in [1.165, 1.54) is 19.1 Å². The lowest BCUT2D eigenvalue weighted by Gasteiger charge is -2.13. The molecule has 0 saturated carbocycles. The highest BCUT2D eigenvalue weighted by Gasteiger charge is 2.29. The minimum absolute atomic E-state index is 0.00254. The molecular weight excluding hydrogens is 468 g/mol. The first-order chi connectivity index (χ1) is 16.2. The van der Waals surface area contributed by atoms with Crippen LogP contribution in [-0.4, -0.2) is 41.9 Å². The molecule has 0 aliphatic carbocycles. The number of hydrogen-bond donors (Lipinski definition) is 0. The molecule has 0 atom stereocenters. The van der Waals surface area contributed by atoms with Crippen molar-refractivity contribution in [2.75, 3.05) is 18.1 Å². The SMILES string of the molecule is CCOC(=O)c1sc(N=Nc2ccc(N3C(=O)C=CC3=O)cc2[N+](=O)[O-])c(C(=O)OCC)c1C. The van der Waals surface area contributed by atoms with E-state index < -0.39 is 34.4 Å². The summed E-state index contributed by atoms with van der Waals surface area (Å²) in [5, 5.41) is 19.5. The molecule has 2 heterocycles. The molecule has 0 fully saturated rings. The van der Waals surface area contributed by atoms with Gasteiger partial charge >= 0.3 is 11.9 Å². The first kappa shape index (κ1) is 24.4. The number of carbonyl (C=O) groups excluding carboxylic acids is 4. The highest BCUT2D eigenvalue weighted by molar-refractivity contribution is 7.18. The second-order valence-electron chi connectivity index (χ2n) is 6.65. The van der Waals surface area contributed by atoms with Crippen LogP contribution >= 0.6 is 11.3 Å². The van der Waals surface area contributed by atoms with Crippen LogP contribution < -0.4 is 4.90 Å². The Labute approximate surface area is 196 Å². The van der Waals surface area contributed by atoms with E-state index in [4.69, 9.17) is 9.47 Å². The molecule has 0 bridgehead atoms. The summed E-state index contributed by atoms with van der Waals surface area (Å²) in [6, 6.07) is 3.54. The van der Waals surface area contributed by atoms with Crippen LogP contribution in [-0.2, 0) is 19.1 Å². The number of azo groups is 1. The van der Waals surface area contributed by atoms with E-state index in [1.54, 1.807) is 13.8 Å². The molecular formula is C21H18N4O8S. The minimum atomic E-state index is -0.744. The molecule has 1 aromatic carbocycles. The fraction of sp³-hybridized carbons (Fsp3) is 0.238. The van der Waals surface area contributed by atoms with E-state index in [1.807, 2.05) is 0 Å². The molecule has 2 amide bonds. The highest BCUT2D eigenvalue weighted by atomic mass is 32.1. The van der Waals surface area contributed by atoms with Crippen LogP contribution in [0.2, 0.25) is 0 Å². The number of nitrogens with zero attached hydrogens (tertiary/aromatic N) is 4. The number of thiophene rings is 1. The lowest BCUT2D eigenvalue weighted by atomic mass is 10.1. The molecule has 34 heavy (non-hydrogen) atoms. The van der Waals surface area contributed by atoms with Crippen molar-refractivity contribution >= 4 is 57.2 Å². The zero-order valence-corrected chi connectivity index (χ0v) is 19.1. The van der Waals surface area contributed by atoms with Crippen molar-refractivity contribution in [3.63, 3.8) is 0 Å². The summed E-state index contributed by atoms with van der Waals surface area (Å²) in [4.78, 5) is 60.3. The normalized spacial score (nSPS) is 13.1. The Morgan fingerprint density at radius 2 is 1.68 bits per heavy atom. The molecule has 12 nitrogen and oxygen atoms in total. The number of amides is 2. The topological polar surface area (TPSA) is 158 Å². The van der Waals surface area contributed by atoms with Gasteiger partial charge in [0.15, 0.2) is 10.7 Å². The quantitative estimate of drug-likeness (QED) is 0.177. The van der Waals surface area contributed by atoms with Gasteiger partial charge in [0.05, 0.1) is 23.8 Å². The van der Waals surface area contributed by atoms with Gasteiger partial charge in [0.25, 0.3) is 17.5 Å². The van der Waals surface area contributed by atoms with Crippen molar-refractivity contribution in [2.45, 2.75) is 20.8 Å². The van der Waals surface area contributed by atoms with E-state index in [9.17, 15) is 29.3 Å². The van der Waals surface area contributed by atoms with Gasteiger partial charge in [-0.2, -0.15) is 0 Å². The molecule has 0 saturated heterocycles. The Bertz CT molecular complexity index is 1250. The second-order valence-corrected chi connectivity index (χ2v) is 7.65. The molecule has 0 radical (unpaired) electrons. The van der Waals surface area contributed by atoms with Gasteiger partial charge in [-0.1, -0.05) is 0 Å². The van der Waals surface area contributed by atoms with Crippen LogP contribution in [0.5, 0.6) is 0 Å². The number of nitro benzene ring substituents is 1. The Morgan fingerprint density at radius 1 is 1.06 bits per heavy atom. The van der Waals surface area contributed by atoms with Crippen molar-refractivity contribution in [2.24, 2.45) is 10.2 Å². The monoisotopic (exact) mass is 486 g/mol. The maximum Gasteiger partial charge on any atom is 0.348 e. The predicted molar refractivity (Wildman–Crippen MR) is 120 cm³/mol. The van der Waals surface area contributed by atoms with Gasteiger partial charge in [0, 0.05) is 18.2 Å². The Morgan fingerprint density at radius 3 is 2.26 bits per heavy atom. The van der Waals surface area contributed by atoms with Crippen molar-refractivity contribution < 1.29 is 33.6 Å². The lowest BCUT2D eigenvalue weighted by molar-refractivity contribution is -0.384. The zero-order chi connectivity index (χ0) is 25.0. The molecule has 1 aliphatic heterocycles. The van der Waals surface area contributed by atoms with E-state index in [0.29, 0.717) is 5.56 Å². The molecule has 176 valence electrons. The van der Waals surface area contributed by atoms with Crippen LogP contribution in [0.3, 0.4) is 0 Å². The third kappa shape index (κ3) is 4.73. The number of carbonyl (C=O) groups is 4. The predicted octanol–water partition coefficient (Wildman–Crippen LogP) is 4.16. The molecule has 0 unspecified atom stereocenters. The van der Waals surface area contributed by atoms with E-state index >= 15 is 0 Å². The van der Waals surface area contributed by atoms with E-state index in [-0.39, 0.29) is 40.0 Å². The van der Waals surface area contributed by atoms with Gasteiger partial charge in [-0.15, -0.1) is 21.6 Å². The zero-order valence-electron chi connectivity index (χ0n) is 18.3. The third-order valence-electron chi connectivity index (χ3n) is 4.54. The second kappa shape index (κ2) is 10.1. The fourth-order valence-electron chi connectivity index (χ4n) is 3.04. The summed E-state index contributed by atoms with van der Waals surface area (Å²) in [7, 11) is 0. The number of rotatable bonds is 8. The largest absolute Gasteiger partial charge is 0.462 e. The van der Waals surface area contributed by atoms with Crippen molar-refractivity contribution in [3.8, 4) is 0 Å². The third-order valence-corrected chi connectivity index (χ3v) is 5.70. The van der Waals surface area contributed by atoms with Crippen LogP contribution in [0.25, 0.3) is 0 Å². The van der Waals surface area contributed by atoms with Gasteiger partial charge in [-0.3, -0.25) is 19.7 Å². The Balaban J connectivity index is 2.04. The molecule has 13 heteroatoms. The average Bonchev–Trinajstić information content (AvgIpc) is 3.30.